The highest BCUT2D eigenvalue weighted by Crippen LogP contribution is 2.28. The second kappa shape index (κ2) is 14.0. The van der Waals surface area contributed by atoms with Crippen LogP contribution in [-0.4, -0.2) is 40.0 Å². The van der Waals surface area contributed by atoms with Crippen LogP contribution in [0.5, 0.6) is 11.5 Å². The zero-order chi connectivity index (χ0) is 18.3. The molecule has 0 aliphatic heterocycles. The number of nitrogens with one attached hydrogen (secondary N) is 1. The molecule has 0 bridgehead atoms. The molecule has 0 amide bonds. The van der Waals surface area contributed by atoms with Gasteiger partial charge in [0.05, 0.1) is 26.9 Å². The van der Waals surface area contributed by atoms with Crippen LogP contribution in [0.4, 0.5) is 0 Å². The van der Waals surface area contributed by atoms with Crippen LogP contribution in [0.15, 0.2) is 18.2 Å². The van der Waals surface area contributed by atoms with E-state index in [-0.39, 0.29) is 0 Å². The van der Waals surface area contributed by atoms with E-state index in [1.807, 2.05) is 12.1 Å². The molecule has 1 aliphatic rings. The minimum Gasteiger partial charge on any atom is -0.493 e. The van der Waals surface area contributed by atoms with Gasteiger partial charge < -0.3 is 19.5 Å². The van der Waals surface area contributed by atoms with Crippen molar-refractivity contribution in [3.63, 3.8) is 0 Å². The highest BCUT2D eigenvalue weighted by atomic mass is 16.5. The minimum absolute atomic E-state index is 0.480. The Labute approximate surface area is 154 Å². The molecule has 0 atom stereocenters. The first kappa shape index (κ1) is 21.8. The van der Waals surface area contributed by atoms with E-state index in [2.05, 4.69) is 25.2 Å². The standard InChI is InChI=1S/C16H24O3.C5H13N/c1-17-15-9-8-13(12-16(15)18-2)10-11-19-14-6-4-3-5-7-14;1-3-5-6-4-2/h8-9,12,14H,3-7,10-11H2,1-2H3;6H,3-5H2,1-2H3. The van der Waals surface area contributed by atoms with Crippen molar-refractivity contribution in [2.24, 2.45) is 0 Å². The largest absolute Gasteiger partial charge is 0.493 e. The van der Waals surface area contributed by atoms with Gasteiger partial charge in [-0.25, -0.2) is 0 Å². The predicted molar refractivity (Wildman–Crippen MR) is 105 cm³/mol. The summed E-state index contributed by atoms with van der Waals surface area (Å²) in [5, 5.41) is 3.20. The lowest BCUT2D eigenvalue weighted by atomic mass is 9.98. The van der Waals surface area contributed by atoms with E-state index in [9.17, 15) is 0 Å². The van der Waals surface area contributed by atoms with Crippen molar-refractivity contribution in [1.82, 2.24) is 5.32 Å². The molecule has 4 nitrogen and oxygen atoms in total. The maximum absolute atomic E-state index is 5.94. The number of methoxy groups -OCH3 is 2. The molecule has 1 aromatic carbocycles. The topological polar surface area (TPSA) is 39.7 Å². The molecular formula is C21H37NO3. The van der Waals surface area contributed by atoms with Gasteiger partial charge in [0.1, 0.15) is 0 Å². The quantitative estimate of drug-likeness (QED) is 0.660. The van der Waals surface area contributed by atoms with Crippen molar-refractivity contribution < 1.29 is 14.2 Å². The molecule has 0 radical (unpaired) electrons. The maximum atomic E-state index is 5.94. The molecule has 0 spiro atoms. The van der Waals surface area contributed by atoms with Crippen LogP contribution in [0, 0.1) is 0 Å². The molecule has 0 heterocycles. The average Bonchev–Trinajstić information content (AvgIpc) is 2.67. The molecule has 1 fully saturated rings. The summed E-state index contributed by atoms with van der Waals surface area (Å²) in [6, 6.07) is 6.06. The van der Waals surface area contributed by atoms with Crippen LogP contribution in [0.3, 0.4) is 0 Å². The van der Waals surface area contributed by atoms with Crippen LogP contribution >= 0.6 is 0 Å². The number of ether oxygens (including phenoxy) is 3. The fourth-order valence-electron chi connectivity index (χ4n) is 2.96. The third kappa shape index (κ3) is 9.13. The highest BCUT2D eigenvalue weighted by molar-refractivity contribution is 5.42. The third-order valence-corrected chi connectivity index (χ3v) is 4.42. The van der Waals surface area contributed by atoms with Crippen LogP contribution in [0.25, 0.3) is 0 Å². The second-order valence-electron chi connectivity index (χ2n) is 6.42. The smallest absolute Gasteiger partial charge is 0.160 e. The van der Waals surface area contributed by atoms with E-state index < -0.39 is 0 Å². The Morgan fingerprint density at radius 1 is 1.00 bits per heavy atom. The molecule has 0 saturated heterocycles. The molecular weight excluding hydrogens is 314 g/mol. The van der Waals surface area contributed by atoms with Gasteiger partial charge in [-0.1, -0.05) is 39.2 Å². The van der Waals surface area contributed by atoms with Gasteiger partial charge in [0, 0.05) is 0 Å². The molecule has 25 heavy (non-hydrogen) atoms. The normalized spacial score (nSPS) is 14.6. The van der Waals surface area contributed by atoms with Gasteiger partial charge in [-0.05, 0) is 56.5 Å². The van der Waals surface area contributed by atoms with E-state index >= 15 is 0 Å². The Bertz CT molecular complexity index is 441. The SMILES string of the molecule is CCCNCC.COc1ccc(CCOC2CCCCC2)cc1OC. The van der Waals surface area contributed by atoms with Crippen LogP contribution < -0.4 is 14.8 Å². The van der Waals surface area contributed by atoms with Crippen molar-refractivity contribution >= 4 is 0 Å². The molecule has 1 N–H and O–H groups in total. The van der Waals surface area contributed by atoms with Gasteiger partial charge in [0.15, 0.2) is 11.5 Å². The van der Waals surface area contributed by atoms with Gasteiger partial charge in [0.2, 0.25) is 0 Å². The first-order valence-corrected chi connectivity index (χ1v) is 9.78. The fourth-order valence-corrected chi connectivity index (χ4v) is 2.96. The summed E-state index contributed by atoms with van der Waals surface area (Å²) in [7, 11) is 3.32. The van der Waals surface area contributed by atoms with Gasteiger partial charge in [-0.2, -0.15) is 0 Å². The number of benzene rings is 1. The zero-order valence-corrected chi connectivity index (χ0v) is 16.6. The van der Waals surface area contributed by atoms with Crippen molar-refractivity contribution in [3.05, 3.63) is 23.8 Å². The van der Waals surface area contributed by atoms with Crippen molar-refractivity contribution in [2.75, 3.05) is 33.9 Å². The van der Waals surface area contributed by atoms with E-state index in [0.29, 0.717) is 6.10 Å². The minimum atomic E-state index is 0.480. The van der Waals surface area contributed by atoms with Crippen molar-refractivity contribution in [3.8, 4) is 11.5 Å². The van der Waals surface area contributed by atoms with Gasteiger partial charge >= 0.3 is 0 Å². The Morgan fingerprint density at radius 3 is 2.28 bits per heavy atom. The van der Waals surface area contributed by atoms with Crippen LogP contribution in [-0.2, 0) is 11.2 Å². The fraction of sp³-hybridized carbons (Fsp3) is 0.714. The number of hydrogen-bond acceptors (Lipinski definition) is 4. The molecule has 2 rings (SSSR count). The van der Waals surface area contributed by atoms with E-state index in [1.165, 1.54) is 44.1 Å². The number of hydrogen-bond donors (Lipinski definition) is 1. The summed E-state index contributed by atoms with van der Waals surface area (Å²) in [4.78, 5) is 0. The Hall–Kier alpha value is -1.26. The highest BCUT2D eigenvalue weighted by Gasteiger charge is 2.13. The summed E-state index contributed by atoms with van der Waals surface area (Å²) in [6.07, 6.45) is 9.12. The summed E-state index contributed by atoms with van der Waals surface area (Å²) < 4.78 is 16.5. The molecule has 0 aromatic heterocycles. The second-order valence-corrected chi connectivity index (χ2v) is 6.42. The Kier molecular flexibility index (Phi) is 12.2. The monoisotopic (exact) mass is 351 g/mol. The molecule has 1 aliphatic carbocycles. The summed E-state index contributed by atoms with van der Waals surface area (Å²) >= 11 is 0. The van der Waals surface area contributed by atoms with Gasteiger partial charge in [-0.15, -0.1) is 0 Å². The average molecular weight is 352 g/mol. The Morgan fingerprint density at radius 2 is 1.72 bits per heavy atom. The van der Waals surface area contributed by atoms with E-state index in [1.54, 1.807) is 14.2 Å². The van der Waals surface area contributed by atoms with Crippen molar-refractivity contribution in [1.29, 1.82) is 0 Å². The Balaban J connectivity index is 0.000000450. The van der Waals surface area contributed by atoms with E-state index in [0.717, 1.165) is 37.6 Å². The van der Waals surface area contributed by atoms with Crippen LogP contribution in [0.2, 0.25) is 0 Å². The summed E-state index contributed by atoms with van der Waals surface area (Å²) in [6.45, 7) is 7.35. The molecule has 4 heteroatoms. The molecule has 1 saturated carbocycles. The summed E-state index contributed by atoms with van der Waals surface area (Å²) in [5.41, 5.74) is 1.23. The predicted octanol–water partition coefficient (Wildman–Crippen LogP) is 4.60. The first-order chi connectivity index (χ1) is 12.2. The van der Waals surface area contributed by atoms with Gasteiger partial charge in [0.25, 0.3) is 0 Å². The summed E-state index contributed by atoms with van der Waals surface area (Å²) in [5.74, 6) is 1.57. The molecule has 144 valence electrons. The lowest BCUT2D eigenvalue weighted by molar-refractivity contribution is 0.0303. The van der Waals surface area contributed by atoms with Crippen molar-refractivity contribution in [2.45, 2.75) is 64.9 Å². The lowest BCUT2D eigenvalue weighted by Gasteiger charge is -2.22. The van der Waals surface area contributed by atoms with Gasteiger partial charge in [-0.3, -0.25) is 0 Å². The first-order valence-electron chi connectivity index (χ1n) is 9.78. The molecule has 1 aromatic rings. The van der Waals surface area contributed by atoms with Crippen LogP contribution in [0.1, 0.15) is 57.9 Å². The maximum Gasteiger partial charge on any atom is 0.160 e. The van der Waals surface area contributed by atoms with E-state index in [4.69, 9.17) is 14.2 Å². The number of rotatable bonds is 9. The zero-order valence-electron chi connectivity index (χ0n) is 16.6. The third-order valence-electron chi connectivity index (χ3n) is 4.42. The lowest BCUT2D eigenvalue weighted by Crippen LogP contribution is -2.17. The molecule has 0 unspecified atom stereocenters.